The molecule has 0 aliphatic carbocycles. The van der Waals surface area contributed by atoms with Gasteiger partial charge >= 0.3 is 0 Å². The number of nitrogens with one attached hydrogen (secondary N) is 1. The minimum atomic E-state index is -3.67. The molecule has 0 amide bonds. The molecule has 0 fully saturated rings. The van der Waals surface area contributed by atoms with E-state index >= 15 is 0 Å². The first-order valence-electron chi connectivity index (χ1n) is 6.57. The molecule has 0 radical (unpaired) electrons. The van der Waals surface area contributed by atoms with Crippen LogP contribution in [0.4, 0.5) is 5.69 Å². The number of halogens is 1. The Morgan fingerprint density at radius 1 is 0.864 bits per heavy atom. The minimum Gasteiger partial charge on any atom is -0.322 e. The van der Waals surface area contributed by atoms with E-state index in [1.54, 1.807) is 24.3 Å². The Hall–Kier alpha value is -2.24. The van der Waals surface area contributed by atoms with Crippen LogP contribution in [0.2, 0.25) is 5.02 Å². The van der Waals surface area contributed by atoms with Gasteiger partial charge in [0.25, 0.3) is 10.0 Å². The molecule has 1 heterocycles. The molecule has 0 saturated carbocycles. The van der Waals surface area contributed by atoms with Crippen molar-refractivity contribution in [3.8, 4) is 5.69 Å². The molecule has 3 rings (SSSR count). The van der Waals surface area contributed by atoms with E-state index in [1.165, 1.54) is 12.1 Å². The zero-order valence-corrected chi connectivity index (χ0v) is 13.1. The second kappa shape index (κ2) is 5.87. The predicted molar refractivity (Wildman–Crippen MR) is 88.0 cm³/mol. The topological polar surface area (TPSA) is 51.1 Å². The second-order valence-electron chi connectivity index (χ2n) is 4.67. The lowest BCUT2D eigenvalue weighted by atomic mass is 10.3. The van der Waals surface area contributed by atoms with Gasteiger partial charge in [-0.3, -0.25) is 4.72 Å². The van der Waals surface area contributed by atoms with Crippen LogP contribution < -0.4 is 4.72 Å². The molecule has 6 heteroatoms. The Labute approximate surface area is 134 Å². The van der Waals surface area contributed by atoms with E-state index in [9.17, 15) is 8.42 Å². The van der Waals surface area contributed by atoms with Crippen molar-refractivity contribution < 1.29 is 8.42 Å². The molecule has 1 aromatic heterocycles. The number of rotatable bonds is 4. The molecule has 0 unspecified atom stereocenters. The molecule has 0 aliphatic rings. The Balaban J connectivity index is 1.98. The minimum absolute atomic E-state index is 0.166. The van der Waals surface area contributed by atoms with Gasteiger partial charge in [-0.1, -0.05) is 23.7 Å². The van der Waals surface area contributed by atoms with E-state index in [2.05, 4.69) is 4.72 Å². The normalized spacial score (nSPS) is 11.3. The largest absolute Gasteiger partial charge is 0.322 e. The molecule has 22 heavy (non-hydrogen) atoms. The van der Waals surface area contributed by atoms with Crippen LogP contribution in [0, 0.1) is 0 Å². The average Bonchev–Trinajstić information content (AvgIpc) is 3.02. The van der Waals surface area contributed by atoms with Crippen LogP contribution in [0.15, 0.2) is 78.0 Å². The standard InChI is InChI=1S/C16H13ClN2O2S/c17-13-7-9-14(10-8-13)22(20,21)18-15-5-1-2-6-16(15)19-11-3-4-12-19/h1-12,18H. The van der Waals surface area contributed by atoms with Gasteiger partial charge < -0.3 is 4.57 Å². The Morgan fingerprint density at radius 3 is 2.18 bits per heavy atom. The lowest BCUT2D eigenvalue weighted by Crippen LogP contribution is -2.14. The van der Waals surface area contributed by atoms with Crippen LogP contribution in [-0.4, -0.2) is 13.0 Å². The monoisotopic (exact) mass is 332 g/mol. The van der Waals surface area contributed by atoms with E-state index in [0.29, 0.717) is 10.7 Å². The van der Waals surface area contributed by atoms with Crippen molar-refractivity contribution in [2.75, 3.05) is 4.72 Å². The SMILES string of the molecule is O=S(=O)(Nc1ccccc1-n1cccc1)c1ccc(Cl)cc1. The van der Waals surface area contributed by atoms with Crippen LogP contribution >= 0.6 is 11.6 Å². The molecule has 0 saturated heterocycles. The van der Waals surface area contributed by atoms with Gasteiger partial charge in [0, 0.05) is 17.4 Å². The van der Waals surface area contributed by atoms with E-state index in [1.807, 2.05) is 41.2 Å². The highest BCUT2D eigenvalue weighted by Gasteiger charge is 2.16. The molecule has 3 aromatic rings. The molecule has 0 atom stereocenters. The van der Waals surface area contributed by atoms with Gasteiger partial charge in [-0.05, 0) is 48.5 Å². The summed E-state index contributed by atoms with van der Waals surface area (Å²) in [5, 5.41) is 0.492. The summed E-state index contributed by atoms with van der Waals surface area (Å²) in [5.41, 5.74) is 1.26. The number of anilines is 1. The van der Waals surface area contributed by atoms with Crippen LogP contribution in [0.5, 0.6) is 0 Å². The van der Waals surface area contributed by atoms with Crippen molar-refractivity contribution in [1.82, 2.24) is 4.57 Å². The first-order chi connectivity index (χ1) is 10.6. The predicted octanol–water partition coefficient (Wildman–Crippen LogP) is 3.93. The number of sulfonamides is 1. The first-order valence-corrected chi connectivity index (χ1v) is 8.43. The van der Waals surface area contributed by atoms with Gasteiger partial charge in [-0.25, -0.2) is 8.42 Å². The van der Waals surface area contributed by atoms with E-state index in [4.69, 9.17) is 11.6 Å². The Kier molecular flexibility index (Phi) is 3.92. The maximum Gasteiger partial charge on any atom is 0.261 e. The fourth-order valence-corrected chi connectivity index (χ4v) is 3.30. The highest BCUT2D eigenvalue weighted by Crippen LogP contribution is 2.24. The molecule has 0 spiro atoms. The van der Waals surface area contributed by atoms with Crippen molar-refractivity contribution >= 4 is 27.3 Å². The number of aromatic nitrogens is 1. The summed E-state index contributed by atoms with van der Waals surface area (Å²) in [5.74, 6) is 0. The van der Waals surface area contributed by atoms with Gasteiger partial charge in [0.05, 0.1) is 16.3 Å². The number of para-hydroxylation sites is 2. The van der Waals surface area contributed by atoms with E-state index in [0.717, 1.165) is 5.69 Å². The number of benzene rings is 2. The van der Waals surface area contributed by atoms with Crippen LogP contribution in [0.25, 0.3) is 5.69 Å². The molecule has 0 bridgehead atoms. The van der Waals surface area contributed by atoms with Crippen molar-refractivity contribution in [2.24, 2.45) is 0 Å². The van der Waals surface area contributed by atoms with Crippen molar-refractivity contribution in [1.29, 1.82) is 0 Å². The van der Waals surface area contributed by atoms with Crippen LogP contribution in [-0.2, 0) is 10.0 Å². The lowest BCUT2D eigenvalue weighted by Gasteiger charge is -2.13. The van der Waals surface area contributed by atoms with Gasteiger partial charge in [-0.2, -0.15) is 0 Å². The molecular weight excluding hydrogens is 320 g/mol. The fourth-order valence-electron chi connectivity index (χ4n) is 2.10. The van der Waals surface area contributed by atoms with Crippen molar-refractivity contribution in [3.05, 3.63) is 78.1 Å². The zero-order chi connectivity index (χ0) is 15.6. The average molecular weight is 333 g/mol. The van der Waals surface area contributed by atoms with Crippen molar-refractivity contribution in [2.45, 2.75) is 4.90 Å². The molecule has 2 aromatic carbocycles. The summed E-state index contributed by atoms with van der Waals surface area (Å²) < 4.78 is 29.4. The maximum absolute atomic E-state index is 12.5. The van der Waals surface area contributed by atoms with Crippen molar-refractivity contribution in [3.63, 3.8) is 0 Å². The van der Waals surface area contributed by atoms with E-state index in [-0.39, 0.29) is 4.90 Å². The first kappa shape index (κ1) is 14.7. The lowest BCUT2D eigenvalue weighted by molar-refractivity contribution is 0.601. The van der Waals surface area contributed by atoms with Crippen LogP contribution in [0.1, 0.15) is 0 Å². The fraction of sp³-hybridized carbons (Fsp3) is 0. The smallest absolute Gasteiger partial charge is 0.261 e. The Bertz CT molecular complexity index is 873. The summed E-state index contributed by atoms with van der Waals surface area (Å²) in [6, 6.07) is 17.0. The maximum atomic E-state index is 12.5. The quantitative estimate of drug-likeness (QED) is 0.787. The third-order valence-electron chi connectivity index (χ3n) is 3.15. The number of hydrogen-bond acceptors (Lipinski definition) is 2. The third kappa shape index (κ3) is 3.00. The van der Waals surface area contributed by atoms with Gasteiger partial charge in [-0.15, -0.1) is 0 Å². The summed E-state index contributed by atoms with van der Waals surface area (Å²) in [6.07, 6.45) is 3.71. The second-order valence-corrected chi connectivity index (χ2v) is 6.79. The van der Waals surface area contributed by atoms with E-state index < -0.39 is 10.0 Å². The third-order valence-corrected chi connectivity index (χ3v) is 4.79. The van der Waals surface area contributed by atoms with Gasteiger partial charge in [0.1, 0.15) is 0 Å². The summed E-state index contributed by atoms with van der Waals surface area (Å²) >= 11 is 5.80. The number of nitrogens with zero attached hydrogens (tertiary/aromatic N) is 1. The Morgan fingerprint density at radius 2 is 1.50 bits per heavy atom. The molecule has 4 nitrogen and oxygen atoms in total. The van der Waals surface area contributed by atoms with Gasteiger partial charge in [0.15, 0.2) is 0 Å². The molecule has 1 N–H and O–H groups in total. The van der Waals surface area contributed by atoms with Crippen LogP contribution in [0.3, 0.4) is 0 Å². The summed E-state index contributed by atoms with van der Waals surface area (Å²) in [6.45, 7) is 0. The highest BCUT2D eigenvalue weighted by atomic mass is 35.5. The number of hydrogen-bond donors (Lipinski definition) is 1. The summed E-state index contributed by atoms with van der Waals surface area (Å²) in [4.78, 5) is 0.166. The van der Waals surface area contributed by atoms with Gasteiger partial charge in [0.2, 0.25) is 0 Å². The molecule has 112 valence electrons. The summed E-state index contributed by atoms with van der Waals surface area (Å²) in [7, 11) is -3.67. The molecule has 0 aliphatic heterocycles. The molecular formula is C16H13ClN2O2S. The highest BCUT2D eigenvalue weighted by molar-refractivity contribution is 7.92. The zero-order valence-electron chi connectivity index (χ0n) is 11.5.